The van der Waals surface area contributed by atoms with E-state index in [0.717, 1.165) is 11.3 Å². The number of rotatable bonds is 7. The van der Waals surface area contributed by atoms with Crippen LogP contribution in [0.15, 0.2) is 63.5 Å². The second-order valence-electron chi connectivity index (χ2n) is 7.63. The largest absolute Gasteiger partial charge is 0.491 e. The Labute approximate surface area is 191 Å². The molecular weight excluding hydrogens is 432 g/mol. The standard InChI is InChI=1S/C23H27ClN4O2S/c1-15(2)28-22(31-5)26-21(25-19-10-12-20(13-11-19)30-16(3)4)27(23(28)29)14-17-6-8-18(24)9-7-17/h6-13,15-16H,14H2,1-5H3/b25-21+. The Bertz CT molecular complexity index is 1150. The van der Waals surface area contributed by atoms with Gasteiger partial charge in [0.15, 0.2) is 5.16 Å². The molecule has 0 spiro atoms. The van der Waals surface area contributed by atoms with Gasteiger partial charge in [-0.2, -0.15) is 4.98 Å². The summed E-state index contributed by atoms with van der Waals surface area (Å²) in [6.07, 6.45) is 2.00. The van der Waals surface area contributed by atoms with Crippen molar-refractivity contribution in [2.45, 2.75) is 51.5 Å². The Morgan fingerprint density at radius 1 is 1.06 bits per heavy atom. The van der Waals surface area contributed by atoms with Crippen LogP contribution >= 0.6 is 23.4 Å². The van der Waals surface area contributed by atoms with Crippen molar-refractivity contribution in [3.05, 3.63) is 75.2 Å². The van der Waals surface area contributed by atoms with E-state index >= 15 is 0 Å². The molecule has 0 aliphatic rings. The number of hydrogen-bond acceptors (Lipinski definition) is 5. The molecule has 3 rings (SSSR count). The predicted molar refractivity (Wildman–Crippen MR) is 127 cm³/mol. The minimum Gasteiger partial charge on any atom is -0.491 e. The summed E-state index contributed by atoms with van der Waals surface area (Å²) in [5, 5.41) is 1.28. The van der Waals surface area contributed by atoms with Gasteiger partial charge in [-0.1, -0.05) is 35.5 Å². The zero-order valence-electron chi connectivity index (χ0n) is 18.4. The maximum Gasteiger partial charge on any atom is 0.333 e. The number of nitrogens with zero attached hydrogens (tertiary/aromatic N) is 4. The molecule has 0 aliphatic carbocycles. The van der Waals surface area contributed by atoms with Gasteiger partial charge in [0, 0.05) is 11.1 Å². The zero-order valence-corrected chi connectivity index (χ0v) is 19.9. The molecule has 0 aliphatic heterocycles. The molecule has 1 heterocycles. The van der Waals surface area contributed by atoms with Crippen molar-refractivity contribution in [3.8, 4) is 5.75 Å². The molecule has 31 heavy (non-hydrogen) atoms. The van der Waals surface area contributed by atoms with Crippen molar-refractivity contribution >= 4 is 29.1 Å². The summed E-state index contributed by atoms with van der Waals surface area (Å²) in [7, 11) is 0. The van der Waals surface area contributed by atoms with Crippen molar-refractivity contribution < 1.29 is 4.74 Å². The van der Waals surface area contributed by atoms with Crippen LogP contribution in [0, 0.1) is 0 Å². The summed E-state index contributed by atoms with van der Waals surface area (Å²) in [5.41, 5.74) is 1.85. The average Bonchev–Trinajstić information content (AvgIpc) is 2.72. The molecule has 8 heteroatoms. The highest BCUT2D eigenvalue weighted by Gasteiger charge is 2.14. The highest BCUT2D eigenvalue weighted by molar-refractivity contribution is 7.98. The van der Waals surface area contributed by atoms with Gasteiger partial charge >= 0.3 is 5.69 Å². The first-order valence-electron chi connectivity index (χ1n) is 10.1. The number of thioether (sulfide) groups is 1. The molecule has 0 amide bonds. The molecular formula is C23H27ClN4O2S. The lowest BCUT2D eigenvalue weighted by Gasteiger charge is -2.17. The van der Waals surface area contributed by atoms with Crippen LogP contribution in [0.4, 0.5) is 5.69 Å². The minimum atomic E-state index is -0.150. The number of ether oxygens (including phenoxy) is 1. The van der Waals surface area contributed by atoms with Crippen LogP contribution < -0.4 is 16.0 Å². The molecule has 164 valence electrons. The van der Waals surface area contributed by atoms with Crippen LogP contribution in [-0.2, 0) is 6.54 Å². The lowest BCUT2D eigenvalue weighted by molar-refractivity contribution is 0.242. The third kappa shape index (κ3) is 5.80. The number of aromatic nitrogens is 3. The second kappa shape index (κ2) is 10.2. The van der Waals surface area contributed by atoms with Crippen LogP contribution in [0.1, 0.15) is 39.3 Å². The van der Waals surface area contributed by atoms with E-state index in [1.807, 2.05) is 82.5 Å². The second-order valence-corrected chi connectivity index (χ2v) is 8.84. The van der Waals surface area contributed by atoms with E-state index in [4.69, 9.17) is 21.3 Å². The van der Waals surface area contributed by atoms with Gasteiger partial charge in [0.2, 0.25) is 5.62 Å². The fraction of sp³-hybridized carbons (Fsp3) is 0.348. The molecule has 0 saturated carbocycles. The normalized spacial score (nSPS) is 12.1. The molecule has 0 unspecified atom stereocenters. The first-order valence-corrected chi connectivity index (χ1v) is 11.7. The fourth-order valence-corrected chi connectivity index (χ4v) is 3.85. The molecule has 0 atom stereocenters. The first kappa shape index (κ1) is 23.2. The molecule has 2 aromatic carbocycles. The van der Waals surface area contributed by atoms with Crippen LogP contribution in [0.2, 0.25) is 5.02 Å². The van der Waals surface area contributed by atoms with Crippen LogP contribution in [0.25, 0.3) is 0 Å². The lowest BCUT2D eigenvalue weighted by Crippen LogP contribution is -2.43. The number of halogens is 1. The quantitative estimate of drug-likeness (QED) is 0.464. The Kier molecular flexibility index (Phi) is 7.62. The summed E-state index contributed by atoms with van der Waals surface area (Å²) in [5.74, 6) is 0.774. The van der Waals surface area contributed by atoms with Gasteiger partial charge < -0.3 is 4.74 Å². The Morgan fingerprint density at radius 3 is 2.26 bits per heavy atom. The van der Waals surface area contributed by atoms with Gasteiger partial charge in [-0.3, -0.25) is 9.13 Å². The minimum absolute atomic E-state index is 0.0274. The molecule has 1 aromatic heterocycles. The maximum atomic E-state index is 13.4. The van der Waals surface area contributed by atoms with E-state index < -0.39 is 0 Å². The Morgan fingerprint density at radius 2 is 1.71 bits per heavy atom. The SMILES string of the molecule is CSc1n/c(=N\c2ccc(OC(C)C)cc2)n(Cc2ccc(Cl)cc2)c(=O)n1C(C)C. The predicted octanol–water partition coefficient (Wildman–Crippen LogP) is 5.07. The Hall–Kier alpha value is -2.51. The summed E-state index contributed by atoms with van der Waals surface area (Å²) in [4.78, 5) is 22.8. The molecule has 6 nitrogen and oxygen atoms in total. The van der Waals surface area contributed by atoms with Crippen LogP contribution in [0.3, 0.4) is 0 Å². The van der Waals surface area contributed by atoms with Gasteiger partial charge in [-0.05, 0) is 75.9 Å². The smallest absolute Gasteiger partial charge is 0.333 e. The van der Waals surface area contributed by atoms with Gasteiger partial charge in [0.05, 0.1) is 18.3 Å². The lowest BCUT2D eigenvalue weighted by atomic mass is 10.2. The molecule has 0 saturated heterocycles. The highest BCUT2D eigenvalue weighted by atomic mass is 35.5. The van der Waals surface area contributed by atoms with Crippen molar-refractivity contribution in [1.82, 2.24) is 14.1 Å². The van der Waals surface area contributed by atoms with Gasteiger partial charge in [-0.25, -0.2) is 9.79 Å². The molecule has 3 aromatic rings. The average molecular weight is 459 g/mol. The summed E-state index contributed by atoms with van der Waals surface area (Å²) in [6, 6.07) is 14.9. The zero-order chi connectivity index (χ0) is 22.5. The van der Waals surface area contributed by atoms with Gasteiger partial charge in [0.1, 0.15) is 5.75 Å². The summed E-state index contributed by atoms with van der Waals surface area (Å²) in [6.45, 7) is 8.25. The van der Waals surface area contributed by atoms with Crippen molar-refractivity contribution in [3.63, 3.8) is 0 Å². The van der Waals surface area contributed by atoms with Crippen LogP contribution in [0.5, 0.6) is 5.75 Å². The fourth-order valence-electron chi connectivity index (χ4n) is 3.07. The van der Waals surface area contributed by atoms with E-state index in [-0.39, 0.29) is 17.8 Å². The van der Waals surface area contributed by atoms with Gasteiger partial charge in [0.25, 0.3) is 0 Å². The molecule has 0 bridgehead atoms. The van der Waals surface area contributed by atoms with Crippen molar-refractivity contribution in [2.24, 2.45) is 4.99 Å². The van der Waals surface area contributed by atoms with E-state index in [9.17, 15) is 4.79 Å². The van der Waals surface area contributed by atoms with E-state index in [0.29, 0.717) is 28.0 Å². The molecule has 0 radical (unpaired) electrons. The van der Waals surface area contributed by atoms with Gasteiger partial charge in [-0.15, -0.1) is 0 Å². The topological polar surface area (TPSA) is 61.4 Å². The van der Waals surface area contributed by atoms with Crippen LogP contribution in [-0.4, -0.2) is 26.5 Å². The van der Waals surface area contributed by atoms with E-state index in [1.54, 1.807) is 9.13 Å². The first-order chi connectivity index (χ1) is 14.8. The summed E-state index contributed by atoms with van der Waals surface area (Å²) >= 11 is 7.45. The maximum absolute atomic E-state index is 13.4. The van der Waals surface area contributed by atoms with E-state index in [2.05, 4.69) is 4.99 Å². The van der Waals surface area contributed by atoms with E-state index in [1.165, 1.54) is 11.8 Å². The molecule has 0 fully saturated rings. The number of hydrogen-bond donors (Lipinski definition) is 0. The highest BCUT2D eigenvalue weighted by Crippen LogP contribution is 2.19. The van der Waals surface area contributed by atoms with Crippen molar-refractivity contribution in [2.75, 3.05) is 6.26 Å². The number of benzene rings is 2. The third-order valence-corrected chi connectivity index (χ3v) is 5.38. The van der Waals surface area contributed by atoms with Crippen molar-refractivity contribution in [1.29, 1.82) is 0 Å². The molecule has 0 N–H and O–H groups in total. The summed E-state index contributed by atoms with van der Waals surface area (Å²) < 4.78 is 8.99. The Balaban J connectivity index is 2.15. The third-order valence-electron chi connectivity index (χ3n) is 4.47. The monoisotopic (exact) mass is 458 g/mol.